The lowest BCUT2D eigenvalue weighted by Crippen LogP contribution is -2.44. The molecule has 1 rings (SSSR count). The van der Waals surface area contributed by atoms with Gasteiger partial charge in [-0.15, -0.1) is 0 Å². The number of hydrogen-bond acceptors (Lipinski definition) is 5. The zero-order chi connectivity index (χ0) is 9.14. The van der Waals surface area contributed by atoms with Crippen molar-refractivity contribution in [2.75, 3.05) is 0 Å². The summed E-state index contributed by atoms with van der Waals surface area (Å²) in [5.74, 6) is 0. The highest BCUT2D eigenvalue weighted by molar-refractivity contribution is 7.80. The van der Waals surface area contributed by atoms with Crippen molar-refractivity contribution in [3.05, 3.63) is 0 Å². The van der Waals surface area contributed by atoms with Gasteiger partial charge in [0.15, 0.2) is 12.4 Å². The van der Waals surface area contributed by atoms with E-state index >= 15 is 0 Å². The molecule has 0 amide bonds. The summed E-state index contributed by atoms with van der Waals surface area (Å²) in [5, 5.41) is 18.0. The van der Waals surface area contributed by atoms with Crippen LogP contribution in [0.25, 0.3) is 0 Å². The molecule has 3 atom stereocenters. The van der Waals surface area contributed by atoms with Gasteiger partial charge < -0.3 is 19.7 Å². The van der Waals surface area contributed by atoms with E-state index in [0.717, 1.165) is 6.21 Å². The average molecular weight is 189 g/mol. The van der Waals surface area contributed by atoms with Crippen molar-refractivity contribution in [1.82, 2.24) is 0 Å². The Hall–Kier alpha value is -0.850. The number of carbonyl (C=O) groups is 1. The minimum absolute atomic E-state index is 0.0915. The number of rotatable bonds is 2. The van der Waals surface area contributed by atoms with Crippen LogP contribution in [-0.2, 0) is 9.53 Å². The molecule has 2 N–H and O–H groups in total. The Morgan fingerprint density at radius 3 is 3.08 bits per heavy atom. The second-order valence-corrected chi connectivity index (χ2v) is 2.59. The van der Waals surface area contributed by atoms with Gasteiger partial charge in [0.05, 0.1) is 0 Å². The molecule has 6 heteroatoms. The van der Waals surface area contributed by atoms with Crippen molar-refractivity contribution >= 4 is 29.9 Å². The first kappa shape index (κ1) is 9.24. The zero-order valence-corrected chi connectivity index (χ0v) is 6.77. The first-order chi connectivity index (χ1) is 5.65. The van der Waals surface area contributed by atoms with Crippen molar-refractivity contribution in [2.24, 2.45) is 4.99 Å². The fourth-order valence-corrected chi connectivity index (χ4v) is 0.960. The van der Waals surface area contributed by atoms with Gasteiger partial charge in [0.2, 0.25) is 0 Å². The van der Waals surface area contributed by atoms with Gasteiger partial charge in [-0.05, 0) is 12.2 Å². The molecule has 1 aliphatic rings. The molecule has 0 spiro atoms. The standard InChI is InChI=1S/C6H7NO4S/c8-2-4(10)5-3(9)1-7-6(12)11-5/h1-5,9-10H. The summed E-state index contributed by atoms with van der Waals surface area (Å²) in [7, 11) is 0. The van der Waals surface area contributed by atoms with Crippen LogP contribution in [0.3, 0.4) is 0 Å². The molecular formula is C6H7NO4S. The van der Waals surface area contributed by atoms with Crippen molar-refractivity contribution in [3.8, 4) is 0 Å². The number of carbonyl (C=O) groups excluding carboxylic acids is 1. The molecule has 66 valence electrons. The number of hydrogen-bond donors (Lipinski definition) is 2. The number of thiocarbonyl (C=S) groups is 1. The Morgan fingerprint density at radius 1 is 1.83 bits per heavy atom. The number of ether oxygens (including phenoxy) is 1. The number of aliphatic hydroxyl groups is 2. The number of aldehydes is 1. The molecule has 0 saturated heterocycles. The minimum atomic E-state index is -1.38. The maximum absolute atomic E-state index is 10.1. The molecule has 0 bridgehead atoms. The van der Waals surface area contributed by atoms with Crippen molar-refractivity contribution in [1.29, 1.82) is 0 Å². The third-order valence-corrected chi connectivity index (χ3v) is 1.58. The highest BCUT2D eigenvalue weighted by atomic mass is 32.1. The van der Waals surface area contributed by atoms with E-state index in [1.807, 2.05) is 0 Å². The Kier molecular flexibility index (Phi) is 2.85. The average Bonchev–Trinajstić information content (AvgIpc) is 2.08. The fourth-order valence-electron chi connectivity index (χ4n) is 0.788. The van der Waals surface area contributed by atoms with Crippen molar-refractivity contribution in [2.45, 2.75) is 18.3 Å². The van der Waals surface area contributed by atoms with E-state index in [9.17, 15) is 4.79 Å². The first-order valence-corrected chi connectivity index (χ1v) is 3.62. The van der Waals surface area contributed by atoms with Gasteiger partial charge >= 0.3 is 0 Å². The van der Waals surface area contributed by atoms with Crippen molar-refractivity contribution < 1.29 is 19.7 Å². The quantitative estimate of drug-likeness (QED) is 0.415. The summed E-state index contributed by atoms with van der Waals surface area (Å²) >= 11 is 4.54. The number of aliphatic hydroxyl groups excluding tert-OH is 2. The summed E-state index contributed by atoms with van der Waals surface area (Å²) in [5.41, 5.74) is 0. The topological polar surface area (TPSA) is 79.1 Å². The van der Waals surface area contributed by atoms with Crippen LogP contribution in [0, 0.1) is 0 Å². The molecule has 0 aromatic rings. The molecule has 1 aliphatic heterocycles. The van der Waals surface area contributed by atoms with E-state index in [-0.39, 0.29) is 11.5 Å². The molecule has 0 aromatic carbocycles. The van der Waals surface area contributed by atoms with E-state index < -0.39 is 18.3 Å². The molecule has 0 aliphatic carbocycles. The molecule has 12 heavy (non-hydrogen) atoms. The molecule has 0 saturated carbocycles. The number of aliphatic imine (C=N–C) groups is 1. The zero-order valence-electron chi connectivity index (χ0n) is 5.95. The van der Waals surface area contributed by atoms with Crippen LogP contribution < -0.4 is 0 Å². The lowest BCUT2D eigenvalue weighted by atomic mass is 10.1. The van der Waals surface area contributed by atoms with E-state index in [0.29, 0.717) is 0 Å². The maximum atomic E-state index is 10.1. The largest absolute Gasteiger partial charge is 0.460 e. The SMILES string of the molecule is O=CC(O)C1OC(=S)N=CC1O. The monoisotopic (exact) mass is 189 g/mol. The summed E-state index contributed by atoms with van der Waals surface area (Å²) in [6.07, 6.45) is -2.12. The predicted molar refractivity (Wildman–Crippen MR) is 44.0 cm³/mol. The van der Waals surface area contributed by atoms with Gasteiger partial charge in [0, 0.05) is 6.21 Å². The van der Waals surface area contributed by atoms with Gasteiger partial charge in [-0.2, -0.15) is 0 Å². The summed E-state index contributed by atoms with van der Waals surface area (Å²) in [6.45, 7) is 0. The molecule has 0 radical (unpaired) electrons. The molecule has 1 heterocycles. The molecule has 0 aromatic heterocycles. The van der Waals surface area contributed by atoms with Crippen LogP contribution in [0.1, 0.15) is 0 Å². The fraction of sp³-hybridized carbons (Fsp3) is 0.500. The highest BCUT2D eigenvalue weighted by Crippen LogP contribution is 2.09. The van der Waals surface area contributed by atoms with Gasteiger partial charge in [-0.1, -0.05) is 0 Å². The maximum Gasteiger partial charge on any atom is 0.283 e. The molecular weight excluding hydrogens is 182 g/mol. The lowest BCUT2D eigenvalue weighted by molar-refractivity contribution is -0.122. The van der Waals surface area contributed by atoms with Crippen LogP contribution in [0.5, 0.6) is 0 Å². The first-order valence-electron chi connectivity index (χ1n) is 3.21. The highest BCUT2D eigenvalue weighted by Gasteiger charge is 2.31. The Bertz CT molecular complexity index is 230. The second-order valence-electron chi connectivity index (χ2n) is 2.24. The third kappa shape index (κ3) is 1.84. The summed E-state index contributed by atoms with van der Waals surface area (Å²) in [6, 6.07) is 0. The van der Waals surface area contributed by atoms with Gasteiger partial charge in [-0.3, -0.25) is 0 Å². The van der Waals surface area contributed by atoms with Crippen LogP contribution in [-0.4, -0.2) is 46.2 Å². The van der Waals surface area contributed by atoms with Gasteiger partial charge in [0.25, 0.3) is 5.17 Å². The van der Waals surface area contributed by atoms with Gasteiger partial charge in [-0.25, -0.2) is 4.99 Å². The Labute approximate surface area is 73.7 Å². The normalized spacial score (nSPS) is 31.0. The van der Waals surface area contributed by atoms with Gasteiger partial charge in [0.1, 0.15) is 12.2 Å². The molecule has 5 nitrogen and oxygen atoms in total. The van der Waals surface area contributed by atoms with Crippen LogP contribution >= 0.6 is 12.2 Å². The summed E-state index contributed by atoms with van der Waals surface area (Å²) < 4.78 is 4.75. The van der Waals surface area contributed by atoms with Crippen LogP contribution in [0.2, 0.25) is 0 Å². The smallest absolute Gasteiger partial charge is 0.283 e. The van der Waals surface area contributed by atoms with E-state index in [2.05, 4.69) is 17.2 Å². The van der Waals surface area contributed by atoms with E-state index in [1.165, 1.54) is 0 Å². The molecule has 3 unspecified atom stereocenters. The Morgan fingerprint density at radius 2 is 2.50 bits per heavy atom. The van der Waals surface area contributed by atoms with Crippen molar-refractivity contribution in [3.63, 3.8) is 0 Å². The predicted octanol–water partition coefficient (Wildman–Crippen LogP) is -1.34. The van der Waals surface area contributed by atoms with E-state index in [4.69, 9.17) is 14.9 Å². The van der Waals surface area contributed by atoms with E-state index in [1.54, 1.807) is 0 Å². The lowest BCUT2D eigenvalue weighted by Gasteiger charge is -2.25. The van der Waals surface area contributed by atoms with Crippen LogP contribution in [0.15, 0.2) is 4.99 Å². The summed E-state index contributed by atoms with van der Waals surface area (Å²) in [4.78, 5) is 13.6. The number of nitrogens with zero attached hydrogens (tertiary/aromatic N) is 1. The second kappa shape index (κ2) is 3.70. The minimum Gasteiger partial charge on any atom is -0.460 e. The Balaban J connectivity index is 2.71. The third-order valence-electron chi connectivity index (χ3n) is 1.38. The molecule has 0 fully saturated rings. The van der Waals surface area contributed by atoms with Crippen LogP contribution in [0.4, 0.5) is 0 Å².